The fourth-order valence-electron chi connectivity index (χ4n) is 1.58. The summed E-state index contributed by atoms with van der Waals surface area (Å²) in [6, 6.07) is 11.0. The zero-order valence-corrected chi connectivity index (χ0v) is 11.9. The molecule has 94 valence electrons. The molecule has 7 heteroatoms. The van der Waals surface area contributed by atoms with Gasteiger partial charge in [-0.05, 0) is 35.5 Å². The molecular weight excluding hydrogens is 330 g/mol. The van der Waals surface area contributed by atoms with Gasteiger partial charge in [0.2, 0.25) is 5.82 Å². The molecule has 19 heavy (non-hydrogen) atoms. The lowest BCUT2D eigenvalue weighted by Crippen LogP contribution is -2.00. The van der Waals surface area contributed by atoms with Crippen LogP contribution in [-0.2, 0) is 0 Å². The number of pyridine rings is 1. The highest BCUT2D eigenvalue weighted by Gasteiger charge is 2.09. The second-order valence-electron chi connectivity index (χ2n) is 3.75. The average Bonchev–Trinajstić information content (AvgIpc) is 2.88. The Morgan fingerprint density at radius 3 is 2.79 bits per heavy atom. The maximum Gasteiger partial charge on any atom is 0.205 e. The molecule has 0 atom stereocenters. The van der Waals surface area contributed by atoms with Crippen molar-refractivity contribution < 1.29 is 0 Å². The third-order valence-corrected chi connectivity index (χ3v) is 3.06. The van der Waals surface area contributed by atoms with Crippen LogP contribution in [0.15, 0.2) is 47.1 Å². The Kier molecular flexibility index (Phi) is 3.27. The highest BCUT2D eigenvalue weighted by molar-refractivity contribution is 9.10. The van der Waals surface area contributed by atoms with Crippen LogP contribution in [-0.4, -0.2) is 25.2 Å². The van der Waals surface area contributed by atoms with Gasteiger partial charge in [-0.15, -0.1) is 15.0 Å². The third kappa shape index (κ3) is 2.64. The fraction of sp³-hybridized carbons (Fsp3) is 0. The quantitative estimate of drug-likeness (QED) is 0.721. The smallest absolute Gasteiger partial charge is 0.205 e. The average molecular weight is 337 g/mol. The van der Waals surface area contributed by atoms with Gasteiger partial charge in [0.1, 0.15) is 0 Å². The van der Waals surface area contributed by atoms with Crippen molar-refractivity contribution in [1.82, 2.24) is 25.2 Å². The van der Waals surface area contributed by atoms with E-state index < -0.39 is 0 Å². The van der Waals surface area contributed by atoms with Gasteiger partial charge in [0, 0.05) is 21.3 Å². The highest BCUT2D eigenvalue weighted by atomic mass is 79.9. The third-order valence-electron chi connectivity index (χ3n) is 2.39. The Hall–Kier alpha value is -1.79. The molecule has 0 aliphatic heterocycles. The van der Waals surface area contributed by atoms with E-state index in [1.54, 1.807) is 24.4 Å². The van der Waals surface area contributed by atoms with Crippen LogP contribution in [0.5, 0.6) is 0 Å². The van der Waals surface area contributed by atoms with E-state index in [1.165, 1.54) is 4.80 Å². The predicted octanol–water partition coefficient (Wildman–Crippen LogP) is 3.14. The minimum absolute atomic E-state index is 0.494. The van der Waals surface area contributed by atoms with Gasteiger partial charge in [-0.2, -0.15) is 0 Å². The van der Waals surface area contributed by atoms with E-state index in [0.717, 1.165) is 10.0 Å². The van der Waals surface area contributed by atoms with E-state index in [0.29, 0.717) is 16.7 Å². The van der Waals surface area contributed by atoms with Crippen LogP contribution in [0.1, 0.15) is 0 Å². The lowest BCUT2D eigenvalue weighted by atomic mass is 10.2. The van der Waals surface area contributed by atoms with E-state index in [-0.39, 0.29) is 0 Å². The Labute approximate surface area is 122 Å². The van der Waals surface area contributed by atoms with Crippen molar-refractivity contribution in [3.63, 3.8) is 0 Å². The Bertz CT molecular complexity index is 693. The van der Waals surface area contributed by atoms with Gasteiger partial charge in [-0.3, -0.25) is 0 Å². The van der Waals surface area contributed by atoms with Gasteiger partial charge in [0.15, 0.2) is 5.82 Å². The lowest BCUT2D eigenvalue weighted by molar-refractivity contribution is 0.701. The van der Waals surface area contributed by atoms with Crippen LogP contribution in [0.2, 0.25) is 5.02 Å². The monoisotopic (exact) mass is 335 g/mol. The molecule has 0 aliphatic rings. The van der Waals surface area contributed by atoms with Crippen LogP contribution >= 0.6 is 27.5 Å². The molecule has 5 nitrogen and oxygen atoms in total. The van der Waals surface area contributed by atoms with Crippen LogP contribution in [0.3, 0.4) is 0 Å². The van der Waals surface area contributed by atoms with Crippen LogP contribution in [0, 0.1) is 0 Å². The fourth-order valence-corrected chi connectivity index (χ4v) is 2.44. The summed E-state index contributed by atoms with van der Waals surface area (Å²) in [5.41, 5.74) is 0.793. The molecule has 1 aromatic carbocycles. The number of hydrogen-bond donors (Lipinski definition) is 0. The summed E-state index contributed by atoms with van der Waals surface area (Å²) in [5, 5.41) is 12.9. The van der Waals surface area contributed by atoms with Crippen LogP contribution in [0.4, 0.5) is 0 Å². The molecule has 0 saturated heterocycles. The van der Waals surface area contributed by atoms with Gasteiger partial charge in [-0.25, -0.2) is 4.98 Å². The van der Waals surface area contributed by atoms with Gasteiger partial charge in [0.05, 0.1) is 0 Å². The first-order valence-electron chi connectivity index (χ1n) is 5.40. The van der Waals surface area contributed by atoms with E-state index in [2.05, 4.69) is 36.3 Å². The second-order valence-corrected chi connectivity index (χ2v) is 5.10. The first-order chi connectivity index (χ1) is 9.22. The molecule has 0 fully saturated rings. The van der Waals surface area contributed by atoms with Crippen molar-refractivity contribution in [3.05, 3.63) is 52.1 Å². The molecule has 3 aromatic rings. The van der Waals surface area contributed by atoms with Gasteiger partial charge in [-0.1, -0.05) is 33.6 Å². The van der Waals surface area contributed by atoms with Crippen molar-refractivity contribution in [2.75, 3.05) is 0 Å². The summed E-state index contributed by atoms with van der Waals surface area (Å²) < 4.78 is 0.865. The first-order valence-corrected chi connectivity index (χ1v) is 6.57. The molecule has 0 radical (unpaired) electrons. The standard InChI is InChI=1S/C12H7BrClN5/c13-9-5-8(6-10(14)7-9)12-16-18-19(17-12)11-3-1-2-4-15-11/h1-7H. The van der Waals surface area contributed by atoms with Crippen molar-refractivity contribution in [1.29, 1.82) is 0 Å². The molecule has 0 aliphatic carbocycles. The Balaban J connectivity index is 2.02. The lowest BCUT2D eigenvalue weighted by Gasteiger charge is -1.98. The highest BCUT2D eigenvalue weighted by Crippen LogP contribution is 2.24. The Morgan fingerprint density at radius 2 is 2.05 bits per heavy atom. The summed E-state index contributed by atoms with van der Waals surface area (Å²) in [7, 11) is 0. The molecule has 2 heterocycles. The van der Waals surface area contributed by atoms with E-state index >= 15 is 0 Å². The molecular formula is C12H7BrClN5. The summed E-state index contributed by atoms with van der Waals surface area (Å²) in [5.74, 6) is 1.11. The topological polar surface area (TPSA) is 56.5 Å². The molecule has 2 aromatic heterocycles. The number of aromatic nitrogens is 5. The number of hydrogen-bond acceptors (Lipinski definition) is 4. The molecule has 0 amide bonds. The summed E-state index contributed by atoms with van der Waals surface area (Å²) in [6.45, 7) is 0. The van der Waals surface area contributed by atoms with Crippen molar-refractivity contribution >= 4 is 27.5 Å². The maximum absolute atomic E-state index is 6.00. The maximum atomic E-state index is 6.00. The van der Waals surface area contributed by atoms with Crippen molar-refractivity contribution in [3.8, 4) is 17.2 Å². The number of tetrazole rings is 1. The molecule has 0 N–H and O–H groups in total. The molecule has 0 saturated carbocycles. The van der Waals surface area contributed by atoms with Gasteiger partial charge in [0.25, 0.3) is 0 Å². The van der Waals surface area contributed by atoms with Gasteiger partial charge < -0.3 is 0 Å². The summed E-state index contributed by atoms with van der Waals surface area (Å²) in [4.78, 5) is 5.53. The molecule has 3 rings (SSSR count). The largest absolute Gasteiger partial charge is 0.236 e. The first kappa shape index (κ1) is 12.3. The van der Waals surface area contributed by atoms with Crippen molar-refractivity contribution in [2.24, 2.45) is 0 Å². The number of nitrogens with zero attached hydrogens (tertiary/aromatic N) is 5. The number of benzene rings is 1. The van der Waals surface area contributed by atoms with E-state index in [9.17, 15) is 0 Å². The zero-order chi connectivity index (χ0) is 13.2. The van der Waals surface area contributed by atoms with E-state index in [1.807, 2.05) is 18.2 Å². The Morgan fingerprint density at radius 1 is 1.16 bits per heavy atom. The zero-order valence-electron chi connectivity index (χ0n) is 9.53. The minimum atomic E-state index is 0.494. The summed E-state index contributed by atoms with van der Waals surface area (Å²) in [6.07, 6.45) is 1.67. The minimum Gasteiger partial charge on any atom is -0.236 e. The predicted molar refractivity (Wildman–Crippen MR) is 75.1 cm³/mol. The van der Waals surface area contributed by atoms with Crippen LogP contribution in [0.25, 0.3) is 17.2 Å². The van der Waals surface area contributed by atoms with E-state index in [4.69, 9.17) is 11.6 Å². The molecule has 0 unspecified atom stereocenters. The number of rotatable bonds is 2. The normalized spacial score (nSPS) is 10.6. The van der Waals surface area contributed by atoms with Gasteiger partial charge >= 0.3 is 0 Å². The number of halogens is 2. The molecule has 0 spiro atoms. The van der Waals surface area contributed by atoms with Crippen LogP contribution < -0.4 is 0 Å². The molecule has 0 bridgehead atoms. The second kappa shape index (κ2) is 5.07. The SMILES string of the molecule is Clc1cc(Br)cc(-c2nnn(-c3ccccn3)n2)c1. The van der Waals surface area contributed by atoms with Crippen molar-refractivity contribution in [2.45, 2.75) is 0 Å². The summed E-state index contributed by atoms with van der Waals surface area (Å²) >= 11 is 9.38.